The SMILES string of the molecule is CC(C)Cn1cnc2c(Oc3ccc(-c4cnc(Nc5ccc(Br)cc5)s4)cc3)ncnc21. The average Bonchev–Trinajstić information content (AvgIpc) is 3.44. The average molecular weight is 521 g/mol. The van der Waals surface area contributed by atoms with Gasteiger partial charge in [0.2, 0.25) is 0 Å². The summed E-state index contributed by atoms with van der Waals surface area (Å²) < 4.78 is 9.11. The molecule has 2 aromatic carbocycles. The van der Waals surface area contributed by atoms with E-state index in [1.807, 2.05) is 59.3 Å². The van der Waals surface area contributed by atoms with E-state index in [-0.39, 0.29) is 0 Å². The van der Waals surface area contributed by atoms with Gasteiger partial charge in [0.05, 0.1) is 11.2 Å². The van der Waals surface area contributed by atoms with E-state index >= 15 is 0 Å². The van der Waals surface area contributed by atoms with Gasteiger partial charge in [0.25, 0.3) is 5.88 Å². The third-order valence-electron chi connectivity index (χ3n) is 4.88. The number of nitrogens with one attached hydrogen (secondary N) is 1. The van der Waals surface area contributed by atoms with E-state index in [4.69, 9.17) is 4.74 Å². The summed E-state index contributed by atoms with van der Waals surface area (Å²) in [6.07, 6.45) is 5.18. The summed E-state index contributed by atoms with van der Waals surface area (Å²) in [6, 6.07) is 15.9. The third-order valence-corrected chi connectivity index (χ3v) is 6.37. The molecule has 0 radical (unpaired) electrons. The van der Waals surface area contributed by atoms with Crippen molar-refractivity contribution in [1.82, 2.24) is 24.5 Å². The number of ether oxygens (including phenoxy) is 1. The maximum Gasteiger partial charge on any atom is 0.250 e. The van der Waals surface area contributed by atoms with E-state index in [0.29, 0.717) is 23.1 Å². The van der Waals surface area contributed by atoms with Crippen molar-refractivity contribution in [2.75, 3.05) is 5.32 Å². The summed E-state index contributed by atoms with van der Waals surface area (Å²) in [5, 5.41) is 4.18. The highest BCUT2D eigenvalue weighted by molar-refractivity contribution is 9.10. The second-order valence-corrected chi connectivity index (χ2v) is 9.88. The summed E-state index contributed by atoms with van der Waals surface area (Å²) >= 11 is 5.05. The van der Waals surface area contributed by atoms with Gasteiger partial charge in [-0.15, -0.1) is 0 Å². The minimum absolute atomic E-state index is 0.453. The summed E-state index contributed by atoms with van der Waals surface area (Å²) in [7, 11) is 0. The summed E-state index contributed by atoms with van der Waals surface area (Å²) in [5.41, 5.74) is 3.50. The molecule has 0 spiro atoms. The molecule has 0 fully saturated rings. The number of imidazole rings is 1. The molecule has 7 nitrogen and oxygen atoms in total. The predicted octanol–water partition coefficient (Wildman–Crippen LogP) is 6.90. The lowest BCUT2D eigenvalue weighted by atomic mass is 10.2. The molecule has 3 heterocycles. The van der Waals surface area contributed by atoms with Crippen LogP contribution in [0.2, 0.25) is 0 Å². The molecular formula is C24H21BrN6OS. The molecule has 0 amide bonds. The lowest BCUT2D eigenvalue weighted by Gasteiger charge is -2.08. The first-order valence-electron chi connectivity index (χ1n) is 10.5. The third kappa shape index (κ3) is 4.89. The van der Waals surface area contributed by atoms with Crippen molar-refractivity contribution in [2.24, 2.45) is 5.92 Å². The number of aromatic nitrogens is 5. The van der Waals surface area contributed by atoms with Crippen molar-refractivity contribution in [2.45, 2.75) is 20.4 Å². The number of halogens is 1. The molecule has 9 heteroatoms. The molecule has 0 aliphatic rings. The van der Waals surface area contributed by atoms with Gasteiger partial charge in [-0.25, -0.2) is 15.0 Å². The molecule has 1 N–H and O–H groups in total. The number of benzene rings is 2. The molecule has 3 aromatic heterocycles. The monoisotopic (exact) mass is 520 g/mol. The van der Waals surface area contributed by atoms with Crippen LogP contribution in [0.25, 0.3) is 21.6 Å². The largest absolute Gasteiger partial charge is 0.437 e. The standard InChI is InChI=1S/C24H21BrN6OS/c1-15(2)12-31-14-29-21-22(31)27-13-28-23(21)32-19-9-3-16(4-10-19)20-11-26-24(33-20)30-18-7-5-17(25)6-8-18/h3-11,13-15H,12H2,1-2H3,(H,26,30). The Hall–Kier alpha value is -3.30. The van der Waals surface area contributed by atoms with Crippen LogP contribution in [0.3, 0.4) is 0 Å². The number of thiazole rings is 1. The smallest absolute Gasteiger partial charge is 0.250 e. The fourth-order valence-corrected chi connectivity index (χ4v) is 4.49. The van der Waals surface area contributed by atoms with Gasteiger partial charge >= 0.3 is 0 Å². The van der Waals surface area contributed by atoms with Crippen LogP contribution in [-0.2, 0) is 6.54 Å². The van der Waals surface area contributed by atoms with Crippen LogP contribution in [0.1, 0.15) is 13.8 Å². The quantitative estimate of drug-likeness (QED) is 0.251. The van der Waals surface area contributed by atoms with Gasteiger partial charge in [0.1, 0.15) is 12.1 Å². The van der Waals surface area contributed by atoms with Crippen molar-refractivity contribution in [1.29, 1.82) is 0 Å². The van der Waals surface area contributed by atoms with Gasteiger partial charge < -0.3 is 14.6 Å². The molecule has 0 atom stereocenters. The normalized spacial score (nSPS) is 11.3. The first-order chi connectivity index (χ1) is 16.0. The molecule has 5 rings (SSSR count). The van der Waals surface area contributed by atoms with Gasteiger partial charge in [-0.2, -0.15) is 4.98 Å². The van der Waals surface area contributed by atoms with Gasteiger partial charge in [-0.1, -0.05) is 41.1 Å². The van der Waals surface area contributed by atoms with E-state index in [2.05, 4.69) is 55.0 Å². The van der Waals surface area contributed by atoms with Crippen molar-refractivity contribution >= 4 is 49.2 Å². The molecule has 0 unspecified atom stereocenters. The van der Waals surface area contributed by atoms with Crippen LogP contribution < -0.4 is 10.1 Å². The Balaban J connectivity index is 1.31. The van der Waals surface area contributed by atoms with Crippen molar-refractivity contribution in [3.05, 3.63) is 71.9 Å². The van der Waals surface area contributed by atoms with Crippen LogP contribution in [0, 0.1) is 5.92 Å². The zero-order valence-electron chi connectivity index (χ0n) is 18.1. The van der Waals surface area contributed by atoms with E-state index in [0.717, 1.165) is 37.9 Å². The zero-order valence-corrected chi connectivity index (χ0v) is 20.5. The second kappa shape index (κ2) is 9.29. The van der Waals surface area contributed by atoms with Crippen molar-refractivity contribution in [3.63, 3.8) is 0 Å². The molecular weight excluding hydrogens is 500 g/mol. The van der Waals surface area contributed by atoms with Gasteiger partial charge in [-0.3, -0.25) is 0 Å². The molecule has 166 valence electrons. The lowest BCUT2D eigenvalue weighted by Crippen LogP contribution is -2.03. The van der Waals surface area contributed by atoms with Crippen molar-refractivity contribution < 1.29 is 4.74 Å². The maximum atomic E-state index is 6.04. The van der Waals surface area contributed by atoms with Crippen LogP contribution in [0.15, 0.2) is 71.9 Å². The minimum Gasteiger partial charge on any atom is -0.437 e. The Kier molecular flexibility index (Phi) is 6.06. The highest BCUT2D eigenvalue weighted by Gasteiger charge is 2.13. The highest BCUT2D eigenvalue weighted by Crippen LogP contribution is 2.33. The molecule has 0 aliphatic carbocycles. The first-order valence-corrected chi connectivity index (χ1v) is 12.1. The number of fused-ring (bicyclic) bond motifs is 1. The van der Waals surface area contributed by atoms with Crippen LogP contribution in [0.5, 0.6) is 11.6 Å². The predicted molar refractivity (Wildman–Crippen MR) is 135 cm³/mol. The molecule has 0 saturated carbocycles. The van der Waals surface area contributed by atoms with Crippen LogP contribution in [-0.4, -0.2) is 24.5 Å². The molecule has 5 aromatic rings. The lowest BCUT2D eigenvalue weighted by molar-refractivity contribution is 0.467. The Morgan fingerprint density at radius 3 is 2.55 bits per heavy atom. The maximum absolute atomic E-state index is 6.04. The van der Waals surface area contributed by atoms with E-state index < -0.39 is 0 Å². The van der Waals surface area contributed by atoms with Crippen molar-refractivity contribution in [3.8, 4) is 22.1 Å². The number of hydrogen-bond donors (Lipinski definition) is 1. The number of rotatable bonds is 7. The summed E-state index contributed by atoms with van der Waals surface area (Å²) in [6.45, 7) is 5.17. The summed E-state index contributed by atoms with van der Waals surface area (Å²) in [5.74, 6) is 1.63. The molecule has 33 heavy (non-hydrogen) atoms. The Morgan fingerprint density at radius 2 is 1.79 bits per heavy atom. The topological polar surface area (TPSA) is 77.8 Å². The Bertz CT molecular complexity index is 1380. The van der Waals surface area contributed by atoms with E-state index in [1.54, 1.807) is 17.7 Å². The fourth-order valence-electron chi connectivity index (χ4n) is 3.38. The van der Waals surface area contributed by atoms with E-state index in [1.165, 1.54) is 6.33 Å². The van der Waals surface area contributed by atoms with E-state index in [9.17, 15) is 0 Å². The van der Waals surface area contributed by atoms with Gasteiger partial charge in [-0.05, 0) is 60.0 Å². The summed E-state index contributed by atoms with van der Waals surface area (Å²) in [4.78, 5) is 18.7. The van der Waals surface area contributed by atoms with Gasteiger partial charge in [0.15, 0.2) is 16.3 Å². The highest BCUT2D eigenvalue weighted by atomic mass is 79.9. The second-order valence-electron chi connectivity index (χ2n) is 7.93. The first kappa shape index (κ1) is 21.5. The Morgan fingerprint density at radius 1 is 1.00 bits per heavy atom. The van der Waals surface area contributed by atoms with Crippen LogP contribution >= 0.6 is 27.3 Å². The molecule has 0 saturated heterocycles. The molecule has 0 aliphatic heterocycles. The number of nitrogens with zero attached hydrogens (tertiary/aromatic N) is 5. The number of anilines is 2. The minimum atomic E-state index is 0.453. The Labute approximate surface area is 203 Å². The molecule has 0 bridgehead atoms. The van der Waals surface area contributed by atoms with Crippen LogP contribution in [0.4, 0.5) is 10.8 Å². The number of hydrogen-bond acceptors (Lipinski definition) is 7. The van der Waals surface area contributed by atoms with Gasteiger partial charge in [0, 0.05) is 22.9 Å². The zero-order chi connectivity index (χ0) is 22.8. The fraction of sp³-hybridized carbons (Fsp3) is 0.167.